The molecule has 1 aliphatic heterocycles. The molecule has 4 heteroatoms. The molecule has 2 unspecified atom stereocenters. The molecule has 3 nitrogen and oxygen atoms in total. The van der Waals surface area contributed by atoms with Gasteiger partial charge in [-0.2, -0.15) is 0 Å². The Balaban J connectivity index is 2.11. The van der Waals surface area contributed by atoms with E-state index in [2.05, 4.69) is 18.7 Å². The first-order valence-electron chi connectivity index (χ1n) is 7.84. The fraction of sp³-hybridized carbons (Fsp3) is 0.647. The molecule has 2 atom stereocenters. The van der Waals surface area contributed by atoms with Crippen molar-refractivity contribution in [3.8, 4) is 5.75 Å². The molecule has 1 heterocycles. The van der Waals surface area contributed by atoms with Crippen LogP contribution in [0.25, 0.3) is 0 Å². The second-order valence-electron chi connectivity index (χ2n) is 6.18. The lowest BCUT2D eigenvalue weighted by molar-refractivity contribution is 0.0998. The summed E-state index contributed by atoms with van der Waals surface area (Å²) in [6, 6.07) is 5.12. The minimum atomic E-state index is -0.318. The van der Waals surface area contributed by atoms with E-state index < -0.39 is 0 Å². The summed E-state index contributed by atoms with van der Waals surface area (Å²) in [6.45, 7) is 6.67. The molecule has 2 N–H and O–H groups in total. The molecule has 0 bridgehead atoms. The Bertz CT molecular complexity index is 474. The van der Waals surface area contributed by atoms with Crippen molar-refractivity contribution in [2.45, 2.75) is 51.1 Å². The molecular formula is C17H27FN2O. The number of rotatable bonds is 6. The van der Waals surface area contributed by atoms with Crippen molar-refractivity contribution in [3.05, 3.63) is 29.6 Å². The lowest BCUT2D eigenvalue weighted by Crippen LogP contribution is -2.57. The van der Waals surface area contributed by atoms with Crippen molar-refractivity contribution < 1.29 is 9.13 Å². The first kappa shape index (κ1) is 16.2. The van der Waals surface area contributed by atoms with Crippen LogP contribution < -0.4 is 10.5 Å². The van der Waals surface area contributed by atoms with Gasteiger partial charge in [0.05, 0.1) is 7.11 Å². The summed E-state index contributed by atoms with van der Waals surface area (Å²) in [4.78, 5) is 2.50. The summed E-state index contributed by atoms with van der Waals surface area (Å²) in [6.07, 6.45) is 4.19. The molecule has 1 saturated heterocycles. The van der Waals surface area contributed by atoms with Gasteiger partial charge in [-0.3, -0.25) is 4.90 Å². The van der Waals surface area contributed by atoms with E-state index >= 15 is 0 Å². The number of halogens is 1. The maximum Gasteiger partial charge on any atom is 0.165 e. The number of likely N-dealkylation sites (tertiary alicyclic amines) is 1. The smallest absolute Gasteiger partial charge is 0.165 e. The van der Waals surface area contributed by atoms with E-state index in [1.807, 2.05) is 6.07 Å². The Morgan fingerprint density at radius 3 is 2.57 bits per heavy atom. The highest BCUT2D eigenvalue weighted by atomic mass is 19.1. The maximum atomic E-state index is 13.8. The van der Waals surface area contributed by atoms with Crippen molar-refractivity contribution >= 4 is 0 Å². The molecule has 2 rings (SSSR count). The minimum absolute atomic E-state index is 0.00612. The molecule has 21 heavy (non-hydrogen) atoms. The van der Waals surface area contributed by atoms with Gasteiger partial charge in [0.25, 0.3) is 0 Å². The Labute approximate surface area is 127 Å². The van der Waals surface area contributed by atoms with Crippen molar-refractivity contribution in [1.82, 2.24) is 4.90 Å². The van der Waals surface area contributed by atoms with Crippen LogP contribution in [0.2, 0.25) is 0 Å². The molecule has 118 valence electrons. The largest absolute Gasteiger partial charge is 0.494 e. The molecular weight excluding hydrogens is 267 g/mol. The average Bonchev–Trinajstić information content (AvgIpc) is 3.01. The highest BCUT2D eigenvalue weighted by Crippen LogP contribution is 2.29. The van der Waals surface area contributed by atoms with E-state index in [1.165, 1.54) is 20.0 Å². The third-order valence-corrected chi connectivity index (χ3v) is 5.01. The van der Waals surface area contributed by atoms with Crippen LogP contribution in [0.15, 0.2) is 18.2 Å². The summed E-state index contributed by atoms with van der Waals surface area (Å²) in [5, 5.41) is 0. The molecule has 1 fully saturated rings. The van der Waals surface area contributed by atoms with Gasteiger partial charge in [0.15, 0.2) is 11.6 Å². The summed E-state index contributed by atoms with van der Waals surface area (Å²) < 4.78 is 18.8. The summed E-state index contributed by atoms with van der Waals surface area (Å²) in [7, 11) is 1.48. The summed E-state index contributed by atoms with van der Waals surface area (Å²) in [5.74, 6) is -0.0355. The Morgan fingerprint density at radius 1 is 1.38 bits per heavy atom. The highest BCUT2D eigenvalue weighted by molar-refractivity contribution is 5.30. The monoisotopic (exact) mass is 294 g/mol. The second kappa shape index (κ2) is 6.75. The Morgan fingerprint density at radius 2 is 2.05 bits per heavy atom. The normalized spacial score (nSPS) is 20.2. The SMILES string of the molecule is CCC(C)(C(N)Cc1ccc(OC)c(F)c1)N1CCCC1. The maximum absolute atomic E-state index is 13.8. The molecule has 1 aromatic carbocycles. The molecule has 0 aromatic heterocycles. The molecule has 0 spiro atoms. The zero-order valence-corrected chi connectivity index (χ0v) is 13.4. The van der Waals surface area contributed by atoms with Crippen molar-refractivity contribution in [2.75, 3.05) is 20.2 Å². The third-order valence-electron chi connectivity index (χ3n) is 5.01. The van der Waals surface area contributed by atoms with Crippen LogP contribution in [-0.4, -0.2) is 36.7 Å². The topological polar surface area (TPSA) is 38.5 Å². The summed E-state index contributed by atoms with van der Waals surface area (Å²) >= 11 is 0. The second-order valence-corrected chi connectivity index (χ2v) is 6.18. The first-order valence-corrected chi connectivity index (χ1v) is 7.84. The highest BCUT2D eigenvalue weighted by Gasteiger charge is 2.37. The van der Waals surface area contributed by atoms with Gasteiger partial charge < -0.3 is 10.5 Å². The molecule has 1 aromatic rings. The van der Waals surface area contributed by atoms with Crippen molar-refractivity contribution in [3.63, 3.8) is 0 Å². The zero-order valence-electron chi connectivity index (χ0n) is 13.4. The molecule has 0 amide bonds. The average molecular weight is 294 g/mol. The Hall–Kier alpha value is -1.13. The number of hydrogen-bond donors (Lipinski definition) is 1. The lowest BCUT2D eigenvalue weighted by atomic mass is 9.84. The van der Waals surface area contributed by atoms with E-state index in [9.17, 15) is 4.39 Å². The number of ether oxygens (including phenoxy) is 1. The fourth-order valence-corrected chi connectivity index (χ4v) is 3.26. The third kappa shape index (κ3) is 3.38. The van der Waals surface area contributed by atoms with Crippen LogP contribution in [0, 0.1) is 5.82 Å². The van der Waals surface area contributed by atoms with Gasteiger partial charge >= 0.3 is 0 Å². The van der Waals surface area contributed by atoms with Crippen LogP contribution in [0.1, 0.15) is 38.7 Å². The zero-order chi connectivity index (χ0) is 15.5. The number of benzene rings is 1. The number of hydrogen-bond acceptors (Lipinski definition) is 3. The lowest BCUT2D eigenvalue weighted by Gasteiger charge is -2.43. The molecule has 1 aliphatic rings. The van der Waals surface area contributed by atoms with Gasteiger partial charge in [-0.05, 0) is 63.4 Å². The van der Waals surface area contributed by atoms with Gasteiger partial charge in [0, 0.05) is 11.6 Å². The van der Waals surface area contributed by atoms with Crippen LogP contribution in [0.5, 0.6) is 5.75 Å². The standard InChI is InChI=1S/C17H27FN2O/c1-4-17(2,20-9-5-6-10-20)16(19)12-13-7-8-15(21-3)14(18)11-13/h7-8,11,16H,4-6,9-10,12,19H2,1-3H3. The van der Waals surface area contributed by atoms with E-state index in [-0.39, 0.29) is 23.1 Å². The summed E-state index contributed by atoms with van der Waals surface area (Å²) in [5.41, 5.74) is 7.41. The van der Waals surface area contributed by atoms with Crippen molar-refractivity contribution in [2.24, 2.45) is 5.73 Å². The van der Waals surface area contributed by atoms with E-state index in [0.29, 0.717) is 6.42 Å². The Kier molecular flexibility index (Phi) is 5.22. The molecule has 0 aliphatic carbocycles. The van der Waals surface area contributed by atoms with Crippen LogP contribution in [0.3, 0.4) is 0 Å². The number of methoxy groups -OCH3 is 1. The van der Waals surface area contributed by atoms with Crippen LogP contribution >= 0.6 is 0 Å². The minimum Gasteiger partial charge on any atom is -0.494 e. The quantitative estimate of drug-likeness (QED) is 0.876. The predicted octanol–water partition coefficient (Wildman–Crippen LogP) is 2.97. The molecule has 0 saturated carbocycles. The van der Waals surface area contributed by atoms with Gasteiger partial charge in [-0.15, -0.1) is 0 Å². The van der Waals surface area contributed by atoms with Crippen molar-refractivity contribution in [1.29, 1.82) is 0 Å². The van der Waals surface area contributed by atoms with E-state index in [1.54, 1.807) is 12.1 Å². The molecule has 0 radical (unpaired) electrons. The van der Waals surface area contributed by atoms with E-state index in [4.69, 9.17) is 10.5 Å². The number of nitrogens with two attached hydrogens (primary N) is 1. The first-order chi connectivity index (χ1) is 10.0. The van der Waals surface area contributed by atoms with Crippen LogP contribution in [-0.2, 0) is 6.42 Å². The fourth-order valence-electron chi connectivity index (χ4n) is 3.26. The van der Waals surface area contributed by atoms with Gasteiger partial charge in [-0.1, -0.05) is 13.0 Å². The van der Waals surface area contributed by atoms with Gasteiger partial charge in [-0.25, -0.2) is 4.39 Å². The van der Waals surface area contributed by atoms with Crippen LogP contribution in [0.4, 0.5) is 4.39 Å². The van der Waals surface area contributed by atoms with Gasteiger partial charge in [0.2, 0.25) is 0 Å². The predicted molar refractivity (Wildman–Crippen MR) is 84.1 cm³/mol. The van der Waals surface area contributed by atoms with Gasteiger partial charge in [0.1, 0.15) is 0 Å². The number of nitrogens with zero attached hydrogens (tertiary/aromatic N) is 1. The van der Waals surface area contributed by atoms with E-state index in [0.717, 1.165) is 25.1 Å².